The maximum atomic E-state index is 13.7. The number of hydrogen-bond donors (Lipinski definition) is 2. The molecule has 0 aliphatic heterocycles. The summed E-state index contributed by atoms with van der Waals surface area (Å²) in [6.45, 7) is 1.84. The minimum atomic E-state index is -0.476. The highest BCUT2D eigenvalue weighted by Crippen LogP contribution is 2.27. The van der Waals surface area contributed by atoms with Gasteiger partial charge in [-0.3, -0.25) is 4.79 Å². The van der Waals surface area contributed by atoms with Crippen LogP contribution in [-0.4, -0.2) is 15.9 Å². The highest BCUT2D eigenvalue weighted by Gasteiger charge is 2.15. The molecule has 118 valence electrons. The van der Waals surface area contributed by atoms with E-state index in [-0.39, 0.29) is 11.4 Å². The quantitative estimate of drug-likeness (QED) is 0.575. The van der Waals surface area contributed by atoms with E-state index < -0.39 is 11.7 Å². The fourth-order valence-electron chi connectivity index (χ4n) is 2.87. The molecule has 0 atom stereocenters. The van der Waals surface area contributed by atoms with Crippen molar-refractivity contribution < 1.29 is 9.18 Å². The van der Waals surface area contributed by atoms with Gasteiger partial charge in [-0.05, 0) is 31.2 Å². The van der Waals surface area contributed by atoms with Gasteiger partial charge < -0.3 is 10.3 Å². The third kappa shape index (κ3) is 2.31. The molecular weight excluding hydrogens is 305 g/mol. The molecule has 0 bridgehead atoms. The molecule has 0 unspecified atom stereocenters. The lowest BCUT2D eigenvalue weighted by Crippen LogP contribution is -2.15. The van der Waals surface area contributed by atoms with Crippen LogP contribution in [0.5, 0.6) is 0 Å². The number of hydrogen-bond acceptors (Lipinski definition) is 2. The van der Waals surface area contributed by atoms with Crippen LogP contribution in [0.2, 0.25) is 0 Å². The second-order valence-corrected chi connectivity index (χ2v) is 5.62. The Morgan fingerprint density at radius 2 is 1.83 bits per heavy atom. The fraction of sp³-hybridized carbons (Fsp3) is 0.0526. The summed E-state index contributed by atoms with van der Waals surface area (Å²) in [5.41, 5.74) is 3.01. The number of H-pyrrole nitrogens is 1. The Morgan fingerprint density at radius 1 is 1.08 bits per heavy atom. The lowest BCUT2D eigenvalue weighted by Gasteiger charge is -2.07. The fourth-order valence-corrected chi connectivity index (χ4v) is 2.87. The predicted molar refractivity (Wildman–Crippen MR) is 92.7 cm³/mol. The van der Waals surface area contributed by atoms with E-state index in [1.54, 1.807) is 18.2 Å². The highest BCUT2D eigenvalue weighted by atomic mass is 19.1. The smallest absolute Gasteiger partial charge is 0.274 e. The van der Waals surface area contributed by atoms with Crippen LogP contribution in [0.1, 0.15) is 16.2 Å². The molecule has 4 aromatic rings. The van der Waals surface area contributed by atoms with Crippen LogP contribution in [-0.2, 0) is 0 Å². The second kappa shape index (κ2) is 5.45. The van der Waals surface area contributed by atoms with Gasteiger partial charge in [0.25, 0.3) is 5.91 Å². The molecule has 2 aromatic carbocycles. The lowest BCUT2D eigenvalue weighted by atomic mass is 10.1. The Labute approximate surface area is 137 Å². The first kappa shape index (κ1) is 14.4. The molecule has 0 saturated heterocycles. The number of fused-ring (bicyclic) bond motifs is 3. The molecule has 1 amide bonds. The number of nitrogens with one attached hydrogen (secondary N) is 2. The van der Waals surface area contributed by atoms with E-state index in [4.69, 9.17) is 0 Å². The number of anilines is 1. The van der Waals surface area contributed by atoms with E-state index in [1.807, 2.05) is 31.2 Å². The summed E-state index contributed by atoms with van der Waals surface area (Å²) in [6, 6.07) is 15.7. The van der Waals surface area contributed by atoms with Crippen molar-refractivity contribution in [3.63, 3.8) is 0 Å². The Hall–Kier alpha value is -3.21. The number of halogens is 1. The molecule has 0 spiro atoms. The summed E-state index contributed by atoms with van der Waals surface area (Å²) in [4.78, 5) is 20.1. The Balaban J connectivity index is 1.80. The number of aryl methyl sites for hydroxylation is 1. The van der Waals surface area contributed by atoms with Crippen molar-refractivity contribution in [3.8, 4) is 0 Å². The van der Waals surface area contributed by atoms with E-state index in [1.165, 1.54) is 12.1 Å². The van der Waals surface area contributed by atoms with Crippen molar-refractivity contribution in [1.29, 1.82) is 0 Å². The Bertz CT molecular complexity index is 1080. The number of aromatic amines is 1. The molecule has 5 heteroatoms. The van der Waals surface area contributed by atoms with Crippen molar-refractivity contribution >= 4 is 33.4 Å². The first-order valence-electron chi connectivity index (χ1n) is 7.57. The van der Waals surface area contributed by atoms with Crippen LogP contribution >= 0.6 is 0 Å². The summed E-state index contributed by atoms with van der Waals surface area (Å²) < 4.78 is 13.7. The molecule has 2 heterocycles. The van der Waals surface area contributed by atoms with Gasteiger partial charge in [0.05, 0.1) is 16.9 Å². The normalized spacial score (nSPS) is 11.1. The first-order chi connectivity index (χ1) is 11.6. The minimum Gasteiger partial charge on any atom is -0.353 e. The number of nitrogens with zero attached hydrogens (tertiary/aromatic N) is 1. The number of pyridine rings is 1. The maximum Gasteiger partial charge on any atom is 0.274 e. The number of benzene rings is 2. The number of para-hydroxylation sites is 2. The first-order valence-corrected chi connectivity index (χ1v) is 7.57. The van der Waals surface area contributed by atoms with Gasteiger partial charge >= 0.3 is 0 Å². The zero-order valence-electron chi connectivity index (χ0n) is 12.9. The van der Waals surface area contributed by atoms with Crippen LogP contribution in [0, 0.1) is 12.7 Å². The van der Waals surface area contributed by atoms with E-state index in [0.717, 1.165) is 27.5 Å². The van der Waals surface area contributed by atoms with Crippen LogP contribution in [0.15, 0.2) is 54.6 Å². The zero-order chi connectivity index (χ0) is 16.7. The third-order valence-electron chi connectivity index (χ3n) is 4.03. The van der Waals surface area contributed by atoms with Gasteiger partial charge in [-0.25, -0.2) is 9.37 Å². The van der Waals surface area contributed by atoms with Crippen molar-refractivity contribution in [2.24, 2.45) is 0 Å². The molecule has 0 radical (unpaired) electrons. The highest BCUT2D eigenvalue weighted by molar-refractivity contribution is 6.11. The van der Waals surface area contributed by atoms with Gasteiger partial charge in [-0.1, -0.05) is 30.3 Å². The molecule has 4 rings (SSSR count). The largest absolute Gasteiger partial charge is 0.353 e. The second-order valence-electron chi connectivity index (χ2n) is 5.62. The van der Waals surface area contributed by atoms with Crippen molar-refractivity contribution in [1.82, 2.24) is 9.97 Å². The molecular formula is C19H14FN3O. The van der Waals surface area contributed by atoms with Crippen LogP contribution in [0.4, 0.5) is 10.1 Å². The SMILES string of the molecule is Cc1nc(C(=O)Nc2ccccc2F)cc2c1[nH]c1ccccc12. The average Bonchev–Trinajstić information content (AvgIpc) is 2.96. The average molecular weight is 319 g/mol. The summed E-state index contributed by atoms with van der Waals surface area (Å²) in [5.74, 6) is -0.911. The maximum absolute atomic E-state index is 13.7. The third-order valence-corrected chi connectivity index (χ3v) is 4.03. The molecule has 0 saturated carbocycles. The van der Waals surface area contributed by atoms with E-state index >= 15 is 0 Å². The summed E-state index contributed by atoms with van der Waals surface area (Å²) in [6.07, 6.45) is 0. The zero-order valence-corrected chi connectivity index (χ0v) is 12.9. The molecule has 4 nitrogen and oxygen atoms in total. The molecule has 0 aliphatic rings. The topological polar surface area (TPSA) is 57.8 Å². The lowest BCUT2D eigenvalue weighted by molar-refractivity contribution is 0.102. The van der Waals surface area contributed by atoms with Crippen molar-refractivity contribution in [3.05, 3.63) is 71.8 Å². The van der Waals surface area contributed by atoms with Gasteiger partial charge in [0.15, 0.2) is 0 Å². The summed E-state index contributed by atoms with van der Waals surface area (Å²) in [5, 5.41) is 4.53. The van der Waals surface area contributed by atoms with E-state index in [0.29, 0.717) is 0 Å². The standard InChI is InChI=1S/C19H14FN3O/c1-11-18-13(12-6-2-4-8-15(12)22-18)10-17(21-11)19(24)23-16-9-5-3-7-14(16)20/h2-10,22H,1H3,(H,23,24). The monoisotopic (exact) mass is 319 g/mol. The number of carbonyl (C=O) groups is 1. The number of rotatable bonds is 2. The number of amides is 1. The predicted octanol–water partition coefficient (Wildman–Crippen LogP) is 4.42. The number of carbonyl (C=O) groups excluding carboxylic acids is 1. The molecule has 0 fully saturated rings. The molecule has 2 aromatic heterocycles. The van der Waals surface area contributed by atoms with Crippen LogP contribution in [0.25, 0.3) is 21.8 Å². The van der Waals surface area contributed by atoms with E-state index in [2.05, 4.69) is 15.3 Å². The minimum absolute atomic E-state index is 0.140. The summed E-state index contributed by atoms with van der Waals surface area (Å²) >= 11 is 0. The van der Waals surface area contributed by atoms with Gasteiger partial charge in [0.2, 0.25) is 0 Å². The van der Waals surface area contributed by atoms with Gasteiger partial charge in [0.1, 0.15) is 11.5 Å². The van der Waals surface area contributed by atoms with Gasteiger partial charge in [-0.15, -0.1) is 0 Å². The van der Waals surface area contributed by atoms with Crippen molar-refractivity contribution in [2.45, 2.75) is 6.92 Å². The Kier molecular flexibility index (Phi) is 3.27. The Morgan fingerprint density at radius 3 is 2.67 bits per heavy atom. The van der Waals surface area contributed by atoms with Crippen LogP contribution in [0.3, 0.4) is 0 Å². The molecule has 24 heavy (non-hydrogen) atoms. The van der Waals surface area contributed by atoms with Crippen LogP contribution < -0.4 is 5.32 Å². The number of aromatic nitrogens is 2. The van der Waals surface area contributed by atoms with Gasteiger partial charge in [0, 0.05) is 16.3 Å². The molecule has 2 N–H and O–H groups in total. The van der Waals surface area contributed by atoms with Gasteiger partial charge in [-0.2, -0.15) is 0 Å². The van der Waals surface area contributed by atoms with E-state index in [9.17, 15) is 9.18 Å². The van der Waals surface area contributed by atoms with Crippen molar-refractivity contribution in [2.75, 3.05) is 5.32 Å². The molecule has 0 aliphatic carbocycles. The summed E-state index contributed by atoms with van der Waals surface area (Å²) in [7, 11) is 0.